The first-order valence-electron chi connectivity index (χ1n) is 15.2. The van der Waals surface area contributed by atoms with Crippen molar-refractivity contribution in [3.63, 3.8) is 0 Å². The van der Waals surface area contributed by atoms with Gasteiger partial charge in [-0.3, -0.25) is 0 Å². The molecule has 0 fully saturated rings. The molecule has 0 N–H and O–H groups in total. The molecule has 0 bridgehead atoms. The van der Waals surface area contributed by atoms with E-state index < -0.39 is 69.0 Å². The van der Waals surface area contributed by atoms with Crippen LogP contribution in [0.4, 0.5) is 43.9 Å². The van der Waals surface area contributed by atoms with Gasteiger partial charge >= 0.3 is 12.3 Å². The van der Waals surface area contributed by atoms with Crippen molar-refractivity contribution in [1.82, 2.24) is 0 Å². The minimum absolute atomic E-state index is 0.209. The Morgan fingerprint density at radius 3 is 2.12 bits per heavy atom. The Morgan fingerprint density at radius 2 is 1.50 bits per heavy atom. The van der Waals surface area contributed by atoms with Crippen molar-refractivity contribution in [1.29, 1.82) is 0 Å². The summed E-state index contributed by atoms with van der Waals surface area (Å²) in [5.41, 5.74) is -1.93. The van der Waals surface area contributed by atoms with Gasteiger partial charge < -0.3 is 4.74 Å². The number of ether oxygens (including phenoxy) is 1. The number of halogens is 10. The van der Waals surface area contributed by atoms with Crippen molar-refractivity contribution in [2.75, 3.05) is 0 Å². The lowest BCUT2D eigenvalue weighted by Crippen LogP contribution is -2.25. The largest absolute Gasteiger partial charge is 0.458 e. The predicted octanol–water partition coefficient (Wildman–Crippen LogP) is 12.0. The van der Waals surface area contributed by atoms with E-state index in [0.717, 1.165) is 55.7 Å². The van der Waals surface area contributed by atoms with E-state index in [1.54, 1.807) is 6.07 Å². The van der Waals surface area contributed by atoms with Gasteiger partial charge in [-0.2, -0.15) is 22.0 Å². The number of alkyl halides is 5. The number of rotatable bonds is 9. The van der Waals surface area contributed by atoms with Gasteiger partial charge in [-0.05, 0) is 89.7 Å². The second-order valence-electron chi connectivity index (χ2n) is 11.7. The summed E-state index contributed by atoms with van der Waals surface area (Å²) in [6, 6.07) is 8.11. The molecule has 0 amide bonds. The van der Waals surface area contributed by atoms with Crippen LogP contribution in [0.3, 0.4) is 0 Å². The van der Waals surface area contributed by atoms with Crippen LogP contribution in [0.15, 0.2) is 60.7 Å². The first-order valence-corrected chi connectivity index (χ1v) is 15.2. The Morgan fingerprint density at radius 1 is 0.792 bits per heavy atom. The van der Waals surface area contributed by atoms with E-state index >= 15 is 22.0 Å². The lowest BCUT2D eigenvalue weighted by Gasteiger charge is -2.22. The minimum atomic E-state index is -5.02. The van der Waals surface area contributed by atoms with Gasteiger partial charge in [0.1, 0.15) is 40.4 Å². The molecule has 0 aromatic heterocycles. The maximum atomic E-state index is 15.2. The van der Waals surface area contributed by atoms with Gasteiger partial charge in [-0.25, -0.2) is 22.0 Å². The maximum Gasteiger partial charge on any atom is 0.458 e. The predicted molar refractivity (Wildman–Crippen MR) is 163 cm³/mol. The fraction of sp³-hybridized carbons (Fsp3) is 0.297. The van der Waals surface area contributed by atoms with Gasteiger partial charge in [0.2, 0.25) is 0 Å². The zero-order valence-electron chi connectivity index (χ0n) is 25.5. The van der Waals surface area contributed by atoms with E-state index in [9.17, 15) is 22.0 Å². The normalized spacial score (nSPS) is 15.2. The van der Waals surface area contributed by atoms with E-state index in [2.05, 4.69) is 17.7 Å². The second kappa shape index (κ2) is 14.0. The quantitative estimate of drug-likeness (QED) is 0.0973. The molecule has 1 nitrogen and oxygen atoms in total. The first kappa shape index (κ1) is 34.9. The fourth-order valence-electron chi connectivity index (χ4n) is 5.87. The van der Waals surface area contributed by atoms with Crippen LogP contribution in [0.25, 0.3) is 27.5 Å². The van der Waals surface area contributed by atoms with Gasteiger partial charge in [-0.1, -0.05) is 56.7 Å². The monoisotopic (exact) mass is 678 g/mol. The summed E-state index contributed by atoms with van der Waals surface area (Å²) < 4.78 is 146. The number of unbranched alkanes of at least 4 members (excludes halogenated alkanes) is 2. The first-order chi connectivity index (χ1) is 22.7. The third kappa shape index (κ3) is 7.80. The van der Waals surface area contributed by atoms with Crippen LogP contribution in [0.5, 0.6) is 5.75 Å². The molecule has 4 aromatic rings. The average molecular weight is 679 g/mol. The molecule has 0 saturated carbocycles. The number of hydrogen-bond donors (Lipinski definition) is 0. The summed E-state index contributed by atoms with van der Waals surface area (Å²) in [6.07, 6.45) is -0.349. The van der Waals surface area contributed by atoms with Gasteiger partial charge in [0, 0.05) is 16.9 Å². The summed E-state index contributed by atoms with van der Waals surface area (Å²) >= 11 is 0. The molecule has 1 unspecified atom stereocenters. The van der Waals surface area contributed by atoms with E-state index in [1.165, 1.54) is 30.9 Å². The Kier molecular flexibility index (Phi) is 10.1. The SMILES string of the molecule is CCCCCC1CC=C(c2ccc(-c3cc(F)c(C(F)(F)Oc4ccc5c(F)c(C#CC(F)(F)F)c(F)cc5c4)c(F)c3)c(F)c2)CC1. The molecular weight excluding hydrogens is 650 g/mol. The van der Waals surface area contributed by atoms with Crippen molar-refractivity contribution in [3.05, 3.63) is 106 Å². The van der Waals surface area contributed by atoms with E-state index in [4.69, 9.17) is 0 Å². The molecule has 0 saturated heterocycles. The molecule has 252 valence electrons. The molecule has 1 aliphatic carbocycles. The highest BCUT2D eigenvalue weighted by molar-refractivity contribution is 5.86. The molecule has 0 aliphatic heterocycles. The number of allylic oxidation sites excluding steroid dienone is 2. The second-order valence-corrected chi connectivity index (χ2v) is 11.7. The van der Waals surface area contributed by atoms with Crippen LogP contribution in [0.1, 0.15) is 68.6 Å². The van der Waals surface area contributed by atoms with Crippen LogP contribution in [0.2, 0.25) is 0 Å². The van der Waals surface area contributed by atoms with E-state index in [-0.39, 0.29) is 11.1 Å². The summed E-state index contributed by atoms with van der Waals surface area (Å²) in [5, 5.41) is -0.874. The molecule has 5 rings (SSSR count). The molecule has 48 heavy (non-hydrogen) atoms. The summed E-state index contributed by atoms with van der Waals surface area (Å²) in [4.78, 5) is 0. The van der Waals surface area contributed by atoms with Crippen LogP contribution in [0, 0.1) is 46.8 Å². The topological polar surface area (TPSA) is 9.23 Å². The Balaban J connectivity index is 1.36. The minimum Gasteiger partial charge on any atom is -0.429 e. The van der Waals surface area contributed by atoms with E-state index in [0.29, 0.717) is 35.7 Å². The number of hydrogen-bond acceptors (Lipinski definition) is 1. The Bertz CT molecular complexity index is 1910. The smallest absolute Gasteiger partial charge is 0.429 e. The molecule has 11 heteroatoms. The molecule has 4 aromatic carbocycles. The zero-order valence-corrected chi connectivity index (χ0v) is 25.5. The third-order valence-electron chi connectivity index (χ3n) is 8.29. The summed E-state index contributed by atoms with van der Waals surface area (Å²) in [7, 11) is 0. The van der Waals surface area contributed by atoms with Crippen LogP contribution in [-0.4, -0.2) is 6.18 Å². The zero-order chi connectivity index (χ0) is 34.8. The van der Waals surface area contributed by atoms with Crippen molar-refractivity contribution < 1.29 is 48.6 Å². The maximum absolute atomic E-state index is 15.2. The standard InChI is InChI=1S/C37H28F10O/c1-2-3-4-5-21-6-8-22(9-7-21)23-10-12-27(30(38)17-23)25-19-32(40)34(33(41)20-25)37(46,47)48-26-11-13-28-24(16-26)18-31(39)29(35(28)42)14-15-36(43,44)45/h8,10-13,16-21H,2-7,9H2,1H3. The molecule has 1 aliphatic rings. The van der Waals surface area contributed by atoms with Gasteiger partial charge in [0.25, 0.3) is 0 Å². The Labute approximate surface area is 270 Å². The number of benzene rings is 4. The lowest BCUT2D eigenvalue weighted by atomic mass is 9.83. The molecule has 0 spiro atoms. The molecule has 0 heterocycles. The van der Waals surface area contributed by atoms with Gasteiger partial charge in [0.05, 0.1) is 5.56 Å². The summed E-state index contributed by atoms with van der Waals surface area (Å²) in [6.45, 7) is 2.15. The third-order valence-corrected chi connectivity index (χ3v) is 8.29. The van der Waals surface area contributed by atoms with Gasteiger partial charge in [0.15, 0.2) is 0 Å². The van der Waals surface area contributed by atoms with Crippen LogP contribution < -0.4 is 4.74 Å². The van der Waals surface area contributed by atoms with E-state index in [1.807, 2.05) is 0 Å². The van der Waals surface area contributed by atoms with Crippen molar-refractivity contribution in [2.24, 2.45) is 5.92 Å². The lowest BCUT2D eigenvalue weighted by molar-refractivity contribution is -0.189. The fourth-order valence-corrected chi connectivity index (χ4v) is 5.87. The van der Waals surface area contributed by atoms with Crippen LogP contribution >= 0.6 is 0 Å². The van der Waals surface area contributed by atoms with Crippen molar-refractivity contribution in [3.8, 4) is 28.7 Å². The molecule has 1 atom stereocenters. The molecule has 0 radical (unpaired) electrons. The van der Waals surface area contributed by atoms with Crippen molar-refractivity contribution >= 4 is 16.3 Å². The molecular formula is C37H28F10O. The number of fused-ring (bicyclic) bond motifs is 1. The highest BCUT2D eigenvalue weighted by atomic mass is 19.4. The average Bonchev–Trinajstić information content (AvgIpc) is 3.00. The highest BCUT2D eigenvalue weighted by Gasteiger charge is 2.41. The summed E-state index contributed by atoms with van der Waals surface area (Å²) in [5.74, 6) is -5.35. The van der Waals surface area contributed by atoms with Crippen molar-refractivity contribution in [2.45, 2.75) is 64.2 Å². The van der Waals surface area contributed by atoms with Gasteiger partial charge in [-0.15, -0.1) is 0 Å². The Hall–Kier alpha value is -4.46. The highest BCUT2D eigenvalue weighted by Crippen LogP contribution is 2.40. The van der Waals surface area contributed by atoms with Crippen LogP contribution in [-0.2, 0) is 6.11 Å².